The van der Waals surface area contributed by atoms with Crippen molar-refractivity contribution in [3.63, 3.8) is 0 Å². The largest absolute Gasteiger partial charge is 0.479 e. The molecule has 3 N–H and O–H groups in total. The molecule has 1 rings (SSSR count). The van der Waals surface area contributed by atoms with Crippen molar-refractivity contribution >= 4 is 11.9 Å². The molecule has 0 bridgehead atoms. The van der Waals surface area contributed by atoms with Crippen LogP contribution in [0.4, 0.5) is 0 Å². The van der Waals surface area contributed by atoms with Gasteiger partial charge in [0.15, 0.2) is 6.10 Å². The van der Waals surface area contributed by atoms with Gasteiger partial charge in [0.25, 0.3) is 11.5 Å². The Balaban J connectivity index is 2.58. The second-order valence-electron chi connectivity index (χ2n) is 3.07. The molecule has 0 fully saturated rings. The first kappa shape index (κ1) is 12.8. The maximum absolute atomic E-state index is 11.5. The van der Waals surface area contributed by atoms with E-state index in [-0.39, 0.29) is 12.2 Å². The van der Waals surface area contributed by atoms with E-state index in [0.717, 1.165) is 12.4 Å². The highest BCUT2D eigenvalue weighted by molar-refractivity contribution is 5.92. The number of hydrogen-bond donors (Lipinski definition) is 3. The summed E-state index contributed by atoms with van der Waals surface area (Å²) in [4.78, 5) is 38.6. The van der Waals surface area contributed by atoms with Crippen molar-refractivity contribution in [2.45, 2.75) is 6.10 Å². The Hall–Kier alpha value is -2.22. The molecule has 0 saturated heterocycles. The number of amides is 1. The van der Waals surface area contributed by atoms with Crippen LogP contribution in [-0.2, 0) is 9.53 Å². The summed E-state index contributed by atoms with van der Waals surface area (Å²) in [6, 6.07) is 0. The number of aromatic nitrogens is 2. The molecule has 1 atom stereocenters. The summed E-state index contributed by atoms with van der Waals surface area (Å²) >= 11 is 0. The molecule has 1 heterocycles. The molecule has 1 amide bonds. The minimum Gasteiger partial charge on any atom is -0.479 e. The zero-order valence-corrected chi connectivity index (χ0v) is 8.97. The minimum absolute atomic E-state index is 0.00941. The number of ether oxygens (including phenoxy) is 1. The van der Waals surface area contributed by atoms with Crippen LogP contribution in [-0.4, -0.2) is 46.7 Å². The van der Waals surface area contributed by atoms with Crippen LogP contribution in [0.1, 0.15) is 10.5 Å². The fourth-order valence-corrected chi connectivity index (χ4v) is 1.01. The average molecular weight is 241 g/mol. The first-order valence-corrected chi connectivity index (χ1v) is 4.63. The number of aliphatic carboxylic acids is 1. The van der Waals surface area contributed by atoms with E-state index in [9.17, 15) is 14.4 Å². The van der Waals surface area contributed by atoms with Gasteiger partial charge in [-0.2, -0.15) is 0 Å². The van der Waals surface area contributed by atoms with Crippen LogP contribution in [0.5, 0.6) is 0 Å². The lowest BCUT2D eigenvalue weighted by Crippen LogP contribution is -2.38. The van der Waals surface area contributed by atoms with Crippen molar-refractivity contribution in [1.29, 1.82) is 0 Å². The zero-order valence-electron chi connectivity index (χ0n) is 8.97. The van der Waals surface area contributed by atoms with Crippen LogP contribution >= 0.6 is 0 Å². The predicted octanol–water partition coefficient (Wildman–Crippen LogP) is -1.40. The molecule has 1 unspecified atom stereocenters. The Morgan fingerprint density at radius 1 is 1.65 bits per heavy atom. The lowest BCUT2D eigenvalue weighted by molar-refractivity contribution is -0.148. The third-order valence-corrected chi connectivity index (χ3v) is 1.91. The second-order valence-corrected chi connectivity index (χ2v) is 3.07. The summed E-state index contributed by atoms with van der Waals surface area (Å²) in [6.45, 7) is -0.189. The van der Waals surface area contributed by atoms with Crippen LogP contribution in [0.15, 0.2) is 17.2 Å². The molecular formula is C9H11N3O5. The van der Waals surface area contributed by atoms with Gasteiger partial charge in [-0.25, -0.2) is 9.78 Å². The van der Waals surface area contributed by atoms with Gasteiger partial charge < -0.3 is 20.1 Å². The molecule has 0 radical (unpaired) electrons. The lowest BCUT2D eigenvalue weighted by atomic mass is 10.3. The van der Waals surface area contributed by atoms with E-state index >= 15 is 0 Å². The molecular weight excluding hydrogens is 230 g/mol. The molecule has 1 aromatic rings. The maximum atomic E-state index is 11.5. The number of carboxylic acid groups (broad SMARTS) is 1. The van der Waals surface area contributed by atoms with Crippen molar-refractivity contribution in [3.8, 4) is 0 Å². The summed E-state index contributed by atoms with van der Waals surface area (Å²) in [6.07, 6.45) is 0.974. The van der Waals surface area contributed by atoms with Crippen LogP contribution in [0.3, 0.4) is 0 Å². The highest BCUT2D eigenvalue weighted by atomic mass is 16.5. The number of nitrogens with one attached hydrogen (secondary N) is 2. The Kier molecular flexibility index (Phi) is 4.35. The summed E-state index contributed by atoms with van der Waals surface area (Å²) in [7, 11) is 1.23. The Morgan fingerprint density at radius 3 is 2.82 bits per heavy atom. The van der Waals surface area contributed by atoms with E-state index in [2.05, 4.69) is 20.0 Å². The normalized spacial score (nSPS) is 11.8. The van der Waals surface area contributed by atoms with E-state index < -0.39 is 23.5 Å². The number of carbonyl (C=O) groups is 2. The van der Waals surface area contributed by atoms with Crippen molar-refractivity contribution in [1.82, 2.24) is 15.3 Å². The Morgan fingerprint density at radius 2 is 2.35 bits per heavy atom. The quantitative estimate of drug-likeness (QED) is 0.582. The van der Waals surface area contributed by atoms with E-state index in [0.29, 0.717) is 0 Å². The Labute approximate surface area is 95.6 Å². The smallest absolute Gasteiger partial charge is 0.334 e. The van der Waals surface area contributed by atoms with Gasteiger partial charge in [-0.15, -0.1) is 0 Å². The van der Waals surface area contributed by atoms with E-state index in [4.69, 9.17) is 5.11 Å². The third kappa shape index (κ3) is 3.68. The summed E-state index contributed by atoms with van der Waals surface area (Å²) in [5, 5.41) is 11.0. The summed E-state index contributed by atoms with van der Waals surface area (Å²) < 4.78 is 4.62. The standard InChI is InChI=1S/C9H11N3O5/c1-17-6(9(15)16)3-12-8(14)5-2-11-7(13)4-10-5/h2,4,6H,3H2,1H3,(H,11,13)(H,12,14)(H,15,16). The van der Waals surface area contributed by atoms with Gasteiger partial charge in [0, 0.05) is 13.3 Å². The number of methoxy groups -OCH3 is 1. The highest BCUT2D eigenvalue weighted by Gasteiger charge is 2.17. The monoisotopic (exact) mass is 241 g/mol. The number of carboxylic acids is 1. The SMILES string of the molecule is COC(CNC(=O)c1c[nH]c(=O)cn1)C(=O)O. The number of carbonyl (C=O) groups excluding carboxylic acids is 1. The molecule has 0 aliphatic rings. The van der Waals surface area contributed by atoms with Crippen molar-refractivity contribution in [3.05, 3.63) is 28.4 Å². The van der Waals surface area contributed by atoms with Gasteiger partial charge in [0.2, 0.25) is 0 Å². The van der Waals surface area contributed by atoms with Crippen LogP contribution in [0.2, 0.25) is 0 Å². The predicted molar refractivity (Wildman–Crippen MR) is 55.6 cm³/mol. The van der Waals surface area contributed by atoms with Gasteiger partial charge in [-0.05, 0) is 0 Å². The number of H-pyrrole nitrogens is 1. The molecule has 0 aliphatic heterocycles. The van der Waals surface area contributed by atoms with Gasteiger partial charge in [0.05, 0.1) is 12.7 Å². The lowest BCUT2D eigenvalue weighted by Gasteiger charge is -2.10. The molecule has 92 valence electrons. The average Bonchev–Trinajstić information content (AvgIpc) is 2.30. The number of aromatic amines is 1. The maximum Gasteiger partial charge on any atom is 0.334 e. The van der Waals surface area contributed by atoms with Gasteiger partial charge in [-0.1, -0.05) is 0 Å². The van der Waals surface area contributed by atoms with Gasteiger partial charge >= 0.3 is 5.97 Å². The number of hydrogen-bond acceptors (Lipinski definition) is 5. The second kappa shape index (κ2) is 5.75. The van der Waals surface area contributed by atoms with Gasteiger partial charge in [-0.3, -0.25) is 9.59 Å². The fraction of sp³-hybridized carbons (Fsp3) is 0.333. The highest BCUT2D eigenvalue weighted by Crippen LogP contribution is 1.91. The molecule has 0 aliphatic carbocycles. The minimum atomic E-state index is -1.18. The van der Waals surface area contributed by atoms with Crippen molar-refractivity contribution < 1.29 is 19.4 Å². The zero-order chi connectivity index (χ0) is 12.8. The van der Waals surface area contributed by atoms with E-state index in [1.807, 2.05) is 0 Å². The van der Waals surface area contributed by atoms with Crippen LogP contribution in [0.25, 0.3) is 0 Å². The molecule has 1 aromatic heterocycles. The van der Waals surface area contributed by atoms with E-state index in [1.54, 1.807) is 0 Å². The van der Waals surface area contributed by atoms with Gasteiger partial charge in [0.1, 0.15) is 5.69 Å². The van der Waals surface area contributed by atoms with Crippen LogP contribution in [0, 0.1) is 0 Å². The molecule has 8 heteroatoms. The molecule has 0 saturated carbocycles. The van der Waals surface area contributed by atoms with E-state index in [1.165, 1.54) is 7.11 Å². The summed E-state index contributed by atoms with van der Waals surface area (Å²) in [5.74, 6) is -1.77. The molecule has 0 aromatic carbocycles. The summed E-state index contributed by atoms with van der Waals surface area (Å²) in [5.41, 5.74) is -0.438. The van der Waals surface area contributed by atoms with Crippen LogP contribution < -0.4 is 10.9 Å². The van der Waals surface area contributed by atoms with Crippen molar-refractivity contribution in [2.75, 3.05) is 13.7 Å². The van der Waals surface area contributed by atoms with Crippen molar-refractivity contribution in [2.24, 2.45) is 0 Å². The number of nitrogens with zero attached hydrogens (tertiary/aromatic N) is 1. The Bertz CT molecular complexity index is 449. The molecule has 0 spiro atoms. The number of rotatable bonds is 5. The first-order valence-electron chi connectivity index (χ1n) is 4.63. The fourth-order valence-electron chi connectivity index (χ4n) is 1.01. The third-order valence-electron chi connectivity index (χ3n) is 1.91. The first-order chi connectivity index (χ1) is 8.04. The molecule has 17 heavy (non-hydrogen) atoms. The molecule has 8 nitrogen and oxygen atoms in total. The topological polar surface area (TPSA) is 121 Å².